The van der Waals surface area contributed by atoms with Crippen LogP contribution in [-0.2, 0) is 6.54 Å². The lowest BCUT2D eigenvalue weighted by Gasteiger charge is -2.13. The number of thiocarbonyl (C=S) groups is 1. The van der Waals surface area contributed by atoms with E-state index < -0.39 is 4.92 Å². The Balaban J connectivity index is 1.60. The number of fused-ring (bicyclic) bond motifs is 1. The second-order valence-electron chi connectivity index (χ2n) is 5.57. The number of nitro groups is 1. The molecule has 0 radical (unpaired) electrons. The lowest BCUT2D eigenvalue weighted by molar-refractivity contribution is -0.384. The number of non-ortho nitro benzene ring substituents is 1. The average Bonchev–Trinajstić information content (AvgIpc) is 2.86. The van der Waals surface area contributed by atoms with Crippen LogP contribution in [0.3, 0.4) is 0 Å². The van der Waals surface area contributed by atoms with Gasteiger partial charge in [0.25, 0.3) is 5.69 Å². The van der Waals surface area contributed by atoms with E-state index in [1.807, 2.05) is 6.07 Å². The number of nitro benzene ring substituents is 1. The Morgan fingerprint density at radius 3 is 2.69 bits per heavy atom. The summed E-state index contributed by atoms with van der Waals surface area (Å²) in [6, 6.07) is 9.68. The summed E-state index contributed by atoms with van der Waals surface area (Å²) < 4.78 is 11.3. The highest BCUT2D eigenvalue weighted by Crippen LogP contribution is 2.37. The van der Waals surface area contributed by atoms with Gasteiger partial charge in [0.2, 0.25) is 0 Å². The molecule has 2 aromatic carbocycles. The molecule has 0 aliphatic carbocycles. The summed E-state index contributed by atoms with van der Waals surface area (Å²) in [6.07, 6.45) is 0.807. The van der Waals surface area contributed by atoms with Crippen LogP contribution in [-0.4, -0.2) is 23.2 Å². The quantitative estimate of drug-likeness (QED) is 0.463. The Kier molecular flexibility index (Phi) is 5.75. The number of ether oxygens (including phenoxy) is 2. The van der Waals surface area contributed by atoms with Crippen LogP contribution in [0.25, 0.3) is 0 Å². The van der Waals surface area contributed by atoms with Gasteiger partial charge in [-0.05, 0) is 42.0 Å². The van der Waals surface area contributed by atoms with Crippen molar-refractivity contribution < 1.29 is 14.4 Å². The number of hydrogen-bond acceptors (Lipinski definition) is 5. The number of hydrogen-bond donors (Lipinski definition) is 2. The number of benzene rings is 2. The molecule has 0 spiro atoms. The largest absolute Gasteiger partial charge is 0.489 e. The molecule has 136 valence electrons. The van der Waals surface area contributed by atoms with Crippen molar-refractivity contribution in [1.29, 1.82) is 0 Å². The maximum Gasteiger partial charge on any atom is 0.269 e. The SMILES string of the molecule is O=[N+]([O-])c1ccc(NC(=S)NCc2cc(Cl)c3c(c2)OCCCO3)cc1. The second kappa shape index (κ2) is 8.20. The summed E-state index contributed by atoms with van der Waals surface area (Å²) in [6.45, 7) is 1.60. The van der Waals surface area contributed by atoms with E-state index in [2.05, 4.69) is 10.6 Å². The molecule has 0 bridgehead atoms. The van der Waals surface area contributed by atoms with E-state index >= 15 is 0 Å². The number of halogens is 1. The first-order valence-electron chi connectivity index (χ1n) is 7.90. The highest BCUT2D eigenvalue weighted by atomic mass is 35.5. The van der Waals surface area contributed by atoms with Crippen LogP contribution < -0.4 is 20.1 Å². The van der Waals surface area contributed by atoms with E-state index in [1.165, 1.54) is 12.1 Å². The van der Waals surface area contributed by atoms with Crippen molar-refractivity contribution in [3.8, 4) is 11.5 Å². The van der Waals surface area contributed by atoms with E-state index in [0.717, 1.165) is 12.0 Å². The highest BCUT2D eigenvalue weighted by molar-refractivity contribution is 7.80. The predicted octanol–water partition coefficient (Wildman–Crippen LogP) is 3.90. The van der Waals surface area contributed by atoms with E-state index in [1.54, 1.807) is 18.2 Å². The van der Waals surface area contributed by atoms with Gasteiger partial charge < -0.3 is 20.1 Å². The van der Waals surface area contributed by atoms with Crippen LogP contribution in [0.4, 0.5) is 11.4 Å². The van der Waals surface area contributed by atoms with Gasteiger partial charge in [-0.2, -0.15) is 0 Å². The van der Waals surface area contributed by atoms with E-state index in [0.29, 0.717) is 47.1 Å². The van der Waals surface area contributed by atoms with Gasteiger partial charge in [-0.15, -0.1) is 0 Å². The molecule has 3 rings (SSSR count). The molecule has 7 nitrogen and oxygen atoms in total. The molecular weight excluding hydrogens is 378 g/mol. The third-order valence-electron chi connectivity index (χ3n) is 3.65. The minimum Gasteiger partial charge on any atom is -0.489 e. The zero-order valence-corrected chi connectivity index (χ0v) is 15.2. The Morgan fingerprint density at radius 1 is 1.23 bits per heavy atom. The lowest BCUT2D eigenvalue weighted by atomic mass is 10.2. The van der Waals surface area contributed by atoms with Crippen LogP contribution in [0.15, 0.2) is 36.4 Å². The van der Waals surface area contributed by atoms with Crippen LogP contribution in [0.5, 0.6) is 11.5 Å². The minimum absolute atomic E-state index is 0.0243. The van der Waals surface area contributed by atoms with Gasteiger partial charge in [0.15, 0.2) is 16.6 Å². The average molecular weight is 394 g/mol. The van der Waals surface area contributed by atoms with Gasteiger partial charge in [0, 0.05) is 30.8 Å². The van der Waals surface area contributed by atoms with Crippen molar-refractivity contribution in [2.24, 2.45) is 0 Å². The van der Waals surface area contributed by atoms with Crippen molar-refractivity contribution in [2.45, 2.75) is 13.0 Å². The standard InChI is InChI=1S/C17H16ClN3O4S/c18-14-8-11(9-15-16(14)25-7-1-6-24-15)10-19-17(26)20-12-2-4-13(5-3-12)21(22)23/h2-5,8-9H,1,6-7,10H2,(H2,19,20,26). The van der Waals surface area contributed by atoms with Crippen molar-refractivity contribution in [3.63, 3.8) is 0 Å². The predicted molar refractivity (Wildman–Crippen MR) is 103 cm³/mol. The Bertz CT molecular complexity index is 830. The molecular formula is C17H16ClN3O4S. The van der Waals surface area contributed by atoms with Crippen LogP contribution >= 0.6 is 23.8 Å². The molecule has 0 unspecified atom stereocenters. The van der Waals surface area contributed by atoms with E-state index in [-0.39, 0.29) is 5.69 Å². The van der Waals surface area contributed by atoms with Gasteiger partial charge in [-0.3, -0.25) is 10.1 Å². The molecule has 2 N–H and O–H groups in total. The fraction of sp³-hybridized carbons (Fsp3) is 0.235. The minimum atomic E-state index is -0.450. The Hall–Kier alpha value is -2.58. The van der Waals surface area contributed by atoms with E-state index in [9.17, 15) is 10.1 Å². The molecule has 0 saturated carbocycles. The van der Waals surface area contributed by atoms with Crippen LogP contribution in [0.1, 0.15) is 12.0 Å². The molecule has 2 aromatic rings. The molecule has 0 amide bonds. The number of nitrogens with one attached hydrogen (secondary N) is 2. The Labute approximate surface area is 160 Å². The lowest BCUT2D eigenvalue weighted by Crippen LogP contribution is -2.27. The summed E-state index contributed by atoms with van der Waals surface area (Å²) in [4.78, 5) is 10.2. The van der Waals surface area contributed by atoms with Gasteiger partial charge in [0.1, 0.15) is 0 Å². The number of anilines is 1. The van der Waals surface area contributed by atoms with Crippen molar-refractivity contribution in [1.82, 2.24) is 5.32 Å². The first-order chi connectivity index (χ1) is 12.5. The fourth-order valence-corrected chi connectivity index (χ4v) is 2.89. The van der Waals surface area contributed by atoms with Crippen LogP contribution in [0, 0.1) is 10.1 Å². The summed E-state index contributed by atoms with van der Waals surface area (Å²) in [5, 5.41) is 17.6. The summed E-state index contributed by atoms with van der Waals surface area (Å²) >= 11 is 11.5. The maximum absolute atomic E-state index is 10.7. The maximum atomic E-state index is 10.7. The first kappa shape index (κ1) is 18.2. The molecule has 26 heavy (non-hydrogen) atoms. The fourth-order valence-electron chi connectivity index (χ4n) is 2.41. The number of nitrogens with zero attached hydrogens (tertiary/aromatic N) is 1. The van der Waals surface area contributed by atoms with Crippen molar-refractivity contribution >= 4 is 40.3 Å². The van der Waals surface area contributed by atoms with Crippen LogP contribution in [0.2, 0.25) is 5.02 Å². The molecule has 0 aromatic heterocycles. The second-order valence-corrected chi connectivity index (χ2v) is 6.38. The third kappa shape index (κ3) is 4.53. The molecule has 1 aliphatic rings. The van der Waals surface area contributed by atoms with Crippen molar-refractivity contribution in [2.75, 3.05) is 18.5 Å². The van der Waals surface area contributed by atoms with Gasteiger partial charge >= 0.3 is 0 Å². The number of rotatable bonds is 4. The topological polar surface area (TPSA) is 85.7 Å². The smallest absolute Gasteiger partial charge is 0.269 e. The molecule has 9 heteroatoms. The summed E-state index contributed by atoms with van der Waals surface area (Å²) in [5.41, 5.74) is 1.58. The molecule has 0 fully saturated rings. The zero-order chi connectivity index (χ0) is 18.5. The molecule has 1 heterocycles. The highest BCUT2D eigenvalue weighted by Gasteiger charge is 2.15. The van der Waals surface area contributed by atoms with Crippen molar-refractivity contribution in [3.05, 3.63) is 57.1 Å². The first-order valence-corrected chi connectivity index (χ1v) is 8.69. The summed E-state index contributed by atoms with van der Waals surface area (Å²) in [5.74, 6) is 1.19. The van der Waals surface area contributed by atoms with Gasteiger partial charge in [-0.25, -0.2) is 0 Å². The molecule has 0 saturated heterocycles. The van der Waals surface area contributed by atoms with Gasteiger partial charge in [-0.1, -0.05) is 11.6 Å². The molecule has 1 aliphatic heterocycles. The Morgan fingerprint density at radius 2 is 1.96 bits per heavy atom. The third-order valence-corrected chi connectivity index (χ3v) is 4.18. The van der Waals surface area contributed by atoms with Gasteiger partial charge in [0.05, 0.1) is 23.2 Å². The normalized spacial score (nSPS) is 12.8. The van der Waals surface area contributed by atoms with E-state index in [4.69, 9.17) is 33.3 Å². The monoisotopic (exact) mass is 393 g/mol. The zero-order valence-electron chi connectivity index (χ0n) is 13.7. The summed E-state index contributed by atoms with van der Waals surface area (Å²) in [7, 11) is 0. The molecule has 0 atom stereocenters.